The Hall–Kier alpha value is -1.57. The van der Waals surface area contributed by atoms with Gasteiger partial charge in [-0.25, -0.2) is 4.98 Å². The van der Waals surface area contributed by atoms with Crippen LogP contribution in [0.15, 0.2) is 6.20 Å². The fourth-order valence-corrected chi connectivity index (χ4v) is 2.97. The lowest BCUT2D eigenvalue weighted by Crippen LogP contribution is -2.55. The summed E-state index contributed by atoms with van der Waals surface area (Å²) < 4.78 is 45.2. The molecule has 1 fully saturated rings. The Morgan fingerprint density at radius 1 is 1.41 bits per heavy atom. The predicted octanol–water partition coefficient (Wildman–Crippen LogP) is 2.01. The number of imidazole rings is 1. The summed E-state index contributed by atoms with van der Waals surface area (Å²) in [4.78, 5) is 18.0. The molecule has 2 aliphatic heterocycles. The highest BCUT2D eigenvalue weighted by atomic mass is 19.4. The monoisotopic (exact) mass is 317 g/mol. The Morgan fingerprint density at radius 2 is 2.18 bits per heavy atom. The van der Waals surface area contributed by atoms with Gasteiger partial charge in [-0.15, -0.1) is 0 Å². The summed E-state index contributed by atoms with van der Waals surface area (Å²) in [6, 6.07) is -0.400. The van der Waals surface area contributed by atoms with Crippen molar-refractivity contribution in [1.82, 2.24) is 14.5 Å². The number of rotatable bonds is 1. The summed E-state index contributed by atoms with van der Waals surface area (Å²) >= 11 is 0. The van der Waals surface area contributed by atoms with E-state index in [-0.39, 0.29) is 12.4 Å². The van der Waals surface area contributed by atoms with Gasteiger partial charge in [0.2, 0.25) is 0 Å². The zero-order valence-electron chi connectivity index (χ0n) is 12.3. The number of aromatic nitrogens is 2. The molecular formula is C14H18F3N3O2. The molecule has 1 amide bonds. The number of morpholine rings is 1. The van der Waals surface area contributed by atoms with Crippen molar-refractivity contribution in [3.05, 3.63) is 17.7 Å². The molecule has 0 bridgehead atoms. The molecule has 8 heteroatoms. The molecule has 3 heterocycles. The van der Waals surface area contributed by atoms with Crippen LogP contribution < -0.4 is 0 Å². The Labute approximate surface area is 126 Å². The van der Waals surface area contributed by atoms with Crippen LogP contribution in [0.2, 0.25) is 0 Å². The van der Waals surface area contributed by atoms with Crippen LogP contribution in [0, 0.1) is 0 Å². The van der Waals surface area contributed by atoms with E-state index < -0.39 is 30.8 Å². The molecule has 0 radical (unpaired) electrons. The first kappa shape index (κ1) is 15.3. The van der Waals surface area contributed by atoms with Crippen molar-refractivity contribution < 1.29 is 22.7 Å². The van der Waals surface area contributed by atoms with Crippen molar-refractivity contribution in [3.63, 3.8) is 0 Å². The minimum Gasteiger partial charge on any atom is -0.365 e. The molecule has 2 atom stereocenters. The summed E-state index contributed by atoms with van der Waals surface area (Å²) in [5.41, 5.74) is 0.975. The van der Waals surface area contributed by atoms with E-state index in [0.717, 1.165) is 25.0 Å². The zero-order chi connectivity index (χ0) is 15.9. The predicted molar refractivity (Wildman–Crippen MR) is 71.5 cm³/mol. The third-order valence-corrected chi connectivity index (χ3v) is 4.25. The zero-order valence-corrected chi connectivity index (χ0v) is 12.3. The molecule has 0 spiro atoms. The minimum atomic E-state index is -4.47. The van der Waals surface area contributed by atoms with Crippen LogP contribution in [0.4, 0.5) is 13.2 Å². The van der Waals surface area contributed by atoms with Gasteiger partial charge in [-0.05, 0) is 26.2 Å². The van der Waals surface area contributed by atoms with Crippen molar-refractivity contribution in [2.75, 3.05) is 13.2 Å². The number of alkyl halides is 3. The fourth-order valence-electron chi connectivity index (χ4n) is 2.97. The standard InChI is InChI=1S/C14H18F3N3O2/c1-9-8-22-11(14(15,16)17)7-20(9)13(21)12-18-6-10-4-2-3-5-19(10)12/h6,9,11H,2-5,7-8H2,1H3. The molecule has 0 aliphatic carbocycles. The second-order valence-corrected chi connectivity index (χ2v) is 5.85. The fraction of sp³-hybridized carbons (Fsp3) is 0.714. The highest BCUT2D eigenvalue weighted by Crippen LogP contribution is 2.28. The van der Waals surface area contributed by atoms with Crippen molar-refractivity contribution >= 4 is 5.91 Å². The van der Waals surface area contributed by atoms with Gasteiger partial charge in [0.05, 0.1) is 19.2 Å². The molecule has 3 rings (SSSR count). The molecule has 0 aromatic carbocycles. The second-order valence-electron chi connectivity index (χ2n) is 5.85. The average Bonchev–Trinajstić information content (AvgIpc) is 2.89. The first-order valence-corrected chi connectivity index (χ1v) is 7.41. The number of hydrogen-bond donors (Lipinski definition) is 0. The van der Waals surface area contributed by atoms with E-state index in [9.17, 15) is 18.0 Å². The Bertz CT molecular complexity index is 570. The molecule has 0 N–H and O–H groups in total. The van der Waals surface area contributed by atoms with E-state index in [0.29, 0.717) is 6.54 Å². The summed E-state index contributed by atoms with van der Waals surface area (Å²) in [5.74, 6) is -0.206. The third-order valence-electron chi connectivity index (χ3n) is 4.25. The summed E-state index contributed by atoms with van der Waals surface area (Å²) in [6.45, 7) is 1.78. The van der Waals surface area contributed by atoms with Gasteiger partial charge in [0, 0.05) is 18.4 Å². The largest absolute Gasteiger partial charge is 0.416 e. The summed E-state index contributed by atoms with van der Waals surface area (Å²) in [6.07, 6.45) is -1.90. The van der Waals surface area contributed by atoms with Gasteiger partial charge in [0.1, 0.15) is 0 Å². The van der Waals surface area contributed by atoms with Gasteiger partial charge < -0.3 is 14.2 Å². The number of carbonyl (C=O) groups excluding carboxylic acids is 1. The molecule has 2 aliphatic rings. The van der Waals surface area contributed by atoms with Crippen molar-refractivity contribution in [2.45, 2.75) is 51.1 Å². The first-order chi connectivity index (χ1) is 10.4. The highest BCUT2D eigenvalue weighted by molar-refractivity contribution is 5.91. The number of hydrogen-bond acceptors (Lipinski definition) is 3. The smallest absolute Gasteiger partial charge is 0.365 e. The van der Waals surface area contributed by atoms with Gasteiger partial charge in [-0.2, -0.15) is 13.2 Å². The normalized spacial score (nSPS) is 25.9. The quantitative estimate of drug-likeness (QED) is 0.796. The van der Waals surface area contributed by atoms with Gasteiger partial charge >= 0.3 is 6.18 Å². The second kappa shape index (κ2) is 5.57. The number of amides is 1. The van der Waals surface area contributed by atoms with Crippen molar-refractivity contribution in [3.8, 4) is 0 Å². The van der Waals surface area contributed by atoms with Crippen LogP contribution in [-0.2, 0) is 17.7 Å². The maximum Gasteiger partial charge on any atom is 0.416 e. The SMILES string of the molecule is CC1COC(C(F)(F)F)CN1C(=O)c1ncc2n1CCCC2. The number of ether oxygens (including phenoxy) is 1. The average molecular weight is 317 g/mol. The van der Waals surface area contributed by atoms with Crippen LogP contribution in [0.25, 0.3) is 0 Å². The summed E-state index contributed by atoms with van der Waals surface area (Å²) in [5, 5.41) is 0. The lowest BCUT2D eigenvalue weighted by atomic mass is 10.1. The molecule has 1 aromatic heterocycles. The molecule has 1 saturated heterocycles. The van der Waals surface area contributed by atoms with E-state index in [1.54, 1.807) is 13.1 Å². The Kier molecular flexibility index (Phi) is 3.88. The van der Waals surface area contributed by atoms with E-state index in [1.807, 2.05) is 4.57 Å². The Balaban J connectivity index is 1.82. The van der Waals surface area contributed by atoms with Crippen molar-refractivity contribution in [2.24, 2.45) is 0 Å². The summed E-state index contributed by atoms with van der Waals surface area (Å²) in [7, 11) is 0. The van der Waals surface area contributed by atoms with Crippen LogP contribution in [-0.4, -0.2) is 51.8 Å². The molecule has 22 heavy (non-hydrogen) atoms. The minimum absolute atomic E-state index is 0.122. The molecule has 5 nitrogen and oxygen atoms in total. The lowest BCUT2D eigenvalue weighted by Gasteiger charge is -2.38. The van der Waals surface area contributed by atoms with Crippen LogP contribution in [0.3, 0.4) is 0 Å². The van der Waals surface area contributed by atoms with Crippen molar-refractivity contribution in [1.29, 1.82) is 0 Å². The maximum absolute atomic E-state index is 12.8. The third kappa shape index (κ3) is 2.71. The molecule has 1 aromatic rings. The molecule has 0 saturated carbocycles. The van der Waals surface area contributed by atoms with E-state index in [1.165, 1.54) is 4.90 Å². The van der Waals surface area contributed by atoms with Crippen LogP contribution in [0.5, 0.6) is 0 Å². The van der Waals surface area contributed by atoms with Crippen LogP contribution >= 0.6 is 0 Å². The maximum atomic E-state index is 12.8. The number of fused-ring (bicyclic) bond motifs is 1. The van der Waals surface area contributed by atoms with Gasteiger partial charge in [-0.3, -0.25) is 4.79 Å². The van der Waals surface area contributed by atoms with E-state index >= 15 is 0 Å². The lowest BCUT2D eigenvalue weighted by molar-refractivity contribution is -0.239. The van der Waals surface area contributed by atoms with Crippen LogP contribution in [0.1, 0.15) is 36.1 Å². The Morgan fingerprint density at radius 3 is 2.91 bits per heavy atom. The van der Waals surface area contributed by atoms with Gasteiger partial charge in [0.25, 0.3) is 5.91 Å². The van der Waals surface area contributed by atoms with E-state index in [4.69, 9.17) is 4.74 Å². The molecule has 122 valence electrons. The topological polar surface area (TPSA) is 47.4 Å². The first-order valence-electron chi connectivity index (χ1n) is 7.41. The van der Waals surface area contributed by atoms with Gasteiger partial charge in [0.15, 0.2) is 11.9 Å². The number of carbonyl (C=O) groups is 1. The number of aryl methyl sites for hydroxylation is 1. The molecular weight excluding hydrogens is 299 g/mol. The van der Waals surface area contributed by atoms with E-state index in [2.05, 4.69) is 4.98 Å². The highest BCUT2D eigenvalue weighted by Gasteiger charge is 2.46. The van der Waals surface area contributed by atoms with Gasteiger partial charge in [-0.1, -0.05) is 0 Å². The molecule has 2 unspecified atom stereocenters. The number of nitrogens with zero attached hydrogens (tertiary/aromatic N) is 3. The number of halogens is 3.